The van der Waals surface area contributed by atoms with Crippen LogP contribution in [0.15, 0.2) is 12.1 Å². The van der Waals surface area contributed by atoms with Gasteiger partial charge in [-0.3, -0.25) is 0 Å². The van der Waals surface area contributed by atoms with Gasteiger partial charge in [0.1, 0.15) is 11.6 Å². The Hall–Kier alpha value is -1.50. The van der Waals surface area contributed by atoms with Crippen LogP contribution in [0.3, 0.4) is 0 Å². The number of aromatic nitrogens is 1. The van der Waals surface area contributed by atoms with Crippen LogP contribution in [0.1, 0.15) is 26.3 Å². The van der Waals surface area contributed by atoms with Gasteiger partial charge in [0.25, 0.3) is 0 Å². The van der Waals surface area contributed by atoms with E-state index in [-0.39, 0.29) is 11.6 Å². The standard InChI is InChI=1S/C14H22F3N3O/c1-4-18-12-7-11(14(15,16)17)8-13(20-12)19-5-6-21-9-10(2)3/h7-8,10H,4-6,9H2,1-3H3,(H2,18,19,20). The van der Waals surface area contributed by atoms with Crippen LogP contribution in [0.2, 0.25) is 0 Å². The van der Waals surface area contributed by atoms with E-state index in [4.69, 9.17) is 4.74 Å². The molecule has 7 heteroatoms. The number of hydrogen-bond acceptors (Lipinski definition) is 4. The number of ether oxygens (including phenoxy) is 1. The number of alkyl halides is 3. The minimum atomic E-state index is -4.39. The van der Waals surface area contributed by atoms with Crippen molar-refractivity contribution in [2.45, 2.75) is 26.9 Å². The van der Waals surface area contributed by atoms with Crippen molar-refractivity contribution in [1.29, 1.82) is 0 Å². The molecular formula is C14H22F3N3O. The van der Waals surface area contributed by atoms with Crippen LogP contribution in [0.25, 0.3) is 0 Å². The van der Waals surface area contributed by atoms with Gasteiger partial charge in [-0.25, -0.2) is 4.98 Å². The highest BCUT2D eigenvalue weighted by molar-refractivity contribution is 5.49. The van der Waals surface area contributed by atoms with Gasteiger partial charge in [0.15, 0.2) is 0 Å². The Morgan fingerprint density at radius 1 is 1.19 bits per heavy atom. The summed E-state index contributed by atoms with van der Waals surface area (Å²) in [7, 11) is 0. The normalized spacial score (nSPS) is 11.8. The van der Waals surface area contributed by atoms with Gasteiger partial charge in [0, 0.05) is 19.7 Å². The Bertz CT molecular complexity index is 436. The average molecular weight is 305 g/mol. The average Bonchev–Trinajstić information content (AvgIpc) is 2.37. The molecule has 0 saturated heterocycles. The maximum Gasteiger partial charge on any atom is 0.416 e. The molecule has 2 N–H and O–H groups in total. The molecule has 0 aliphatic carbocycles. The second-order valence-corrected chi connectivity index (χ2v) is 5.05. The number of hydrogen-bond donors (Lipinski definition) is 2. The summed E-state index contributed by atoms with van der Waals surface area (Å²) in [4.78, 5) is 4.09. The Labute approximate surface area is 123 Å². The lowest BCUT2D eigenvalue weighted by molar-refractivity contribution is -0.137. The predicted octanol–water partition coefficient (Wildman–Crippen LogP) is 3.62. The summed E-state index contributed by atoms with van der Waals surface area (Å²) in [5, 5.41) is 5.65. The Kier molecular flexibility index (Phi) is 6.74. The van der Waals surface area contributed by atoms with E-state index in [2.05, 4.69) is 15.6 Å². The molecule has 0 atom stereocenters. The molecule has 0 aliphatic rings. The summed E-state index contributed by atoms with van der Waals surface area (Å²) in [6, 6.07) is 2.01. The quantitative estimate of drug-likeness (QED) is 0.720. The second-order valence-electron chi connectivity index (χ2n) is 5.05. The number of halogens is 3. The first kappa shape index (κ1) is 17.6. The lowest BCUT2D eigenvalue weighted by atomic mass is 10.2. The van der Waals surface area contributed by atoms with Gasteiger partial charge in [-0.15, -0.1) is 0 Å². The van der Waals surface area contributed by atoms with E-state index in [0.29, 0.717) is 32.2 Å². The fourth-order valence-corrected chi connectivity index (χ4v) is 1.63. The zero-order valence-electron chi connectivity index (χ0n) is 12.5. The molecule has 0 fully saturated rings. The van der Waals surface area contributed by atoms with E-state index < -0.39 is 11.7 Å². The van der Waals surface area contributed by atoms with Crippen molar-refractivity contribution in [2.75, 3.05) is 36.9 Å². The van der Waals surface area contributed by atoms with Crippen LogP contribution in [-0.2, 0) is 10.9 Å². The summed E-state index contributed by atoms with van der Waals surface area (Å²) < 4.78 is 43.8. The van der Waals surface area contributed by atoms with E-state index in [9.17, 15) is 13.2 Å². The molecule has 0 unspecified atom stereocenters. The van der Waals surface area contributed by atoms with Gasteiger partial charge in [-0.2, -0.15) is 13.2 Å². The molecule has 0 spiro atoms. The third-order valence-corrected chi connectivity index (χ3v) is 2.51. The number of pyridine rings is 1. The predicted molar refractivity (Wildman–Crippen MR) is 77.5 cm³/mol. The van der Waals surface area contributed by atoms with E-state index in [1.807, 2.05) is 13.8 Å². The van der Waals surface area contributed by atoms with Crippen LogP contribution < -0.4 is 10.6 Å². The summed E-state index contributed by atoms with van der Waals surface area (Å²) in [6.45, 7) is 7.83. The molecule has 0 amide bonds. The monoisotopic (exact) mass is 305 g/mol. The molecule has 1 heterocycles. The molecule has 4 nitrogen and oxygen atoms in total. The fourth-order valence-electron chi connectivity index (χ4n) is 1.63. The summed E-state index contributed by atoms with van der Waals surface area (Å²) >= 11 is 0. The van der Waals surface area contributed by atoms with Gasteiger partial charge in [0.05, 0.1) is 12.2 Å². The fraction of sp³-hybridized carbons (Fsp3) is 0.643. The third-order valence-electron chi connectivity index (χ3n) is 2.51. The molecule has 0 aromatic carbocycles. The van der Waals surface area contributed by atoms with Crippen molar-refractivity contribution in [3.8, 4) is 0 Å². The van der Waals surface area contributed by atoms with Crippen molar-refractivity contribution < 1.29 is 17.9 Å². The Balaban J connectivity index is 2.65. The molecule has 120 valence electrons. The van der Waals surface area contributed by atoms with Gasteiger partial charge in [0.2, 0.25) is 0 Å². The smallest absolute Gasteiger partial charge is 0.379 e. The summed E-state index contributed by atoms with van der Waals surface area (Å²) in [5.41, 5.74) is -0.723. The van der Waals surface area contributed by atoms with Gasteiger partial charge >= 0.3 is 6.18 Å². The van der Waals surface area contributed by atoms with Crippen molar-refractivity contribution >= 4 is 11.6 Å². The van der Waals surface area contributed by atoms with Crippen LogP contribution in [0.4, 0.5) is 24.8 Å². The highest BCUT2D eigenvalue weighted by atomic mass is 19.4. The van der Waals surface area contributed by atoms with Crippen molar-refractivity contribution in [3.63, 3.8) is 0 Å². The number of anilines is 2. The SMILES string of the molecule is CCNc1cc(C(F)(F)F)cc(NCCOCC(C)C)n1. The van der Waals surface area contributed by atoms with E-state index in [1.165, 1.54) is 0 Å². The lowest BCUT2D eigenvalue weighted by Gasteiger charge is -2.13. The molecule has 0 bridgehead atoms. The van der Waals surface area contributed by atoms with Crippen molar-refractivity contribution in [1.82, 2.24) is 4.98 Å². The summed E-state index contributed by atoms with van der Waals surface area (Å²) in [6.07, 6.45) is -4.39. The zero-order valence-corrected chi connectivity index (χ0v) is 12.5. The molecule has 1 aromatic rings. The Morgan fingerprint density at radius 2 is 1.81 bits per heavy atom. The minimum absolute atomic E-state index is 0.189. The molecule has 0 aliphatic heterocycles. The maximum absolute atomic E-state index is 12.8. The van der Waals surface area contributed by atoms with Crippen LogP contribution in [-0.4, -0.2) is 31.3 Å². The van der Waals surface area contributed by atoms with E-state index in [0.717, 1.165) is 12.1 Å². The first-order valence-electron chi connectivity index (χ1n) is 6.97. The highest BCUT2D eigenvalue weighted by Crippen LogP contribution is 2.31. The zero-order chi connectivity index (χ0) is 15.9. The van der Waals surface area contributed by atoms with Crippen molar-refractivity contribution in [3.05, 3.63) is 17.7 Å². The number of nitrogens with one attached hydrogen (secondary N) is 2. The van der Waals surface area contributed by atoms with Crippen molar-refractivity contribution in [2.24, 2.45) is 5.92 Å². The van der Waals surface area contributed by atoms with Crippen LogP contribution in [0, 0.1) is 5.92 Å². The van der Waals surface area contributed by atoms with E-state index in [1.54, 1.807) is 6.92 Å². The highest BCUT2D eigenvalue weighted by Gasteiger charge is 2.31. The van der Waals surface area contributed by atoms with Gasteiger partial charge in [-0.1, -0.05) is 13.8 Å². The molecule has 0 saturated carbocycles. The molecule has 0 radical (unpaired) electrons. The second kappa shape index (κ2) is 8.07. The van der Waals surface area contributed by atoms with Gasteiger partial charge < -0.3 is 15.4 Å². The number of rotatable bonds is 8. The molecule has 21 heavy (non-hydrogen) atoms. The molecule has 1 aromatic heterocycles. The molecular weight excluding hydrogens is 283 g/mol. The van der Waals surface area contributed by atoms with E-state index >= 15 is 0 Å². The first-order chi connectivity index (χ1) is 9.82. The number of nitrogens with zero attached hydrogens (tertiary/aromatic N) is 1. The first-order valence-corrected chi connectivity index (χ1v) is 6.97. The minimum Gasteiger partial charge on any atom is -0.379 e. The summed E-state index contributed by atoms with van der Waals surface area (Å²) in [5.74, 6) is 0.823. The Morgan fingerprint density at radius 3 is 2.33 bits per heavy atom. The largest absolute Gasteiger partial charge is 0.416 e. The van der Waals surface area contributed by atoms with Crippen LogP contribution >= 0.6 is 0 Å². The van der Waals surface area contributed by atoms with Gasteiger partial charge in [-0.05, 0) is 25.0 Å². The molecule has 1 rings (SSSR count). The lowest BCUT2D eigenvalue weighted by Crippen LogP contribution is -2.15. The van der Waals surface area contributed by atoms with Crippen LogP contribution in [0.5, 0.6) is 0 Å². The third kappa shape index (κ3) is 6.66. The maximum atomic E-state index is 12.8. The topological polar surface area (TPSA) is 46.2 Å².